The first-order chi connectivity index (χ1) is 12.5. The van der Waals surface area contributed by atoms with Gasteiger partial charge in [0.25, 0.3) is 5.91 Å². The predicted molar refractivity (Wildman–Crippen MR) is 102 cm³/mol. The largest absolute Gasteiger partial charge is 0.369 e. The fraction of sp³-hybridized carbons (Fsp3) is 0.400. The highest BCUT2D eigenvalue weighted by molar-refractivity contribution is 6.30. The third kappa shape index (κ3) is 2.42. The molecular formula is C20H21ClN4O. The zero-order chi connectivity index (χ0) is 17.9. The van der Waals surface area contributed by atoms with E-state index >= 15 is 0 Å². The average Bonchev–Trinajstić information content (AvgIpc) is 2.83. The first-order valence-corrected chi connectivity index (χ1v) is 9.39. The monoisotopic (exact) mass is 368 g/mol. The van der Waals surface area contributed by atoms with Crippen molar-refractivity contribution in [1.29, 1.82) is 0 Å². The minimum atomic E-state index is 0.0740. The summed E-state index contributed by atoms with van der Waals surface area (Å²) in [5.41, 5.74) is 5.79. The molecule has 5 nitrogen and oxygen atoms in total. The van der Waals surface area contributed by atoms with E-state index in [1.54, 1.807) is 6.07 Å². The number of hydrogen-bond donors (Lipinski definition) is 1. The molecular weight excluding hydrogens is 348 g/mol. The number of halogens is 1. The summed E-state index contributed by atoms with van der Waals surface area (Å²) in [5.74, 6) is 0.0740. The SMILES string of the molecule is Cc1c(CN2Cc3cc(Cl)ccc3C2=O)cncc1N1CC2(CNC2)C1. The average molecular weight is 369 g/mol. The van der Waals surface area contributed by atoms with Gasteiger partial charge in [-0.25, -0.2) is 0 Å². The maximum atomic E-state index is 12.7. The Labute approximate surface area is 158 Å². The lowest BCUT2D eigenvalue weighted by Crippen LogP contribution is -2.71. The molecule has 0 atom stereocenters. The molecule has 3 aliphatic rings. The first-order valence-electron chi connectivity index (χ1n) is 9.02. The van der Waals surface area contributed by atoms with Crippen LogP contribution in [0.3, 0.4) is 0 Å². The van der Waals surface area contributed by atoms with Crippen LogP contribution in [0.1, 0.15) is 27.0 Å². The van der Waals surface area contributed by atoms with Gasteiger partial charge < -0.3 is 15.1 Å². The summed E-state index contributed by atoms with van der Waals surface area (Å²) in [7, 11) is 0. The van der Waals surface area contributed by atoms with E-state index in [0.29, 0.717) is 23.5 Å². The Morgan fingerprint density at radius 3 is 2.81 bits per heavy atom. The Bertz CT molecular complexity index is 901. The number of pyridine rings is 1. The van der Waals surface area contributed by atoms with Crippen LogP contribution in [0, 0.1) is 12.3 Å². The second-order valence-electron chi connectivity index (χ2n) is 7.87. The van der Waals surface area contributed by atoms with Crippen LogP contribution in [0.2, 0.25) is 5.02 Å². The normalized spacial score (nSPS) is 20.2. The summed E-state index contributed by atoms with van der Waals surface area (Å²) in [6, 6.07) is 5.50. The molecule has 0 radical (unpaired) electrons. The summed E-state index contributed by atoms with van der Waals surface area (Å²) >= 11 is 6.07. The lowest BCUT2D eigenvalue weighted by Gasteiger charge is -2.57. The van der Waals surface area contributed by atoms with E-state index < -0.39 is 0 Å². The van der Waals surface area contributed by atoms with E-state index in [1.807, 2.05) is 29.4 Å². The number of carbonyl (C=O) groups excluding carboxylic acids is 1. The molecule has 4 heterocycles. The number of benzene rings is 1. The molecule has 1 spiro atoms. The van der Waals surface area contributed by atoms with Crippen LogP contribution in [0.4, 0.5) is 5.69 Å². The van der Waals surface area contributed by atoms with Crippen molar-refractivity contribution in [1.82, 2.24) is 15.2 Å². The van der Waals surface area contributed by atoms with Crippen LogP contribution in [0.25, 0.3) is 0 Å². The van der Waals surface area contributed by atoms with Gasteiger partial charge in [-0.3, -0.25) is 9.78 Å². The number of rotatable bonds is 3. The van der Waals surface area contributed by atoms with E-state index in [0.717, 1.165) is 42.9 Å². The predicted octanol–water partition coefficient (Wildman–Crippen LogP) is 2.61. The summed E-state index contributed by atoms with van der Waals surface area (Å²) in [6.45, 7) is 7.77. The van der Waals surface area contributed by atoms with Crippen molar-refractivity contribution in [3.8, 4) is 0 Å². The molecule has 1 aromatic heterocycles. The highest BCUT2D eigenvalue weighted by atomic mass is 35.5. The molecule has 0 aliphatic carbocycles. The highest BCUT2D eigenvalue weighted by Gasteiger charge is 2.48. The summed E-state index contributed by atoms with van der Waals surface area (Å²) in [6.07, 6.45) is 3.85. The molecule has 0 saturated carbocycles. The van der Waals surface area contributed by atoms with Crippen molar-refractivity contribution >= 4 is 23.2 Å². The van der Waals surface area contributed by atoms with Crippen molar-refractivity contribution in [3.63, 3.8) is 0 Å². The third-order valence-electron chi connectivity index (χ3n) is 5.99. The molecule has 26 heavy (non-hydrogen) atoms. The topological polar surface area (TPSA) is 48.5 Å². The van der Waals surface area contributed by atoms with Gasteiger partial charge in [-0.05, 0) is 41.8 Å². The molecule has 6 heteroatoms. The van der Waals surface area contributed by atoms with Crippen LogP contribution >= 0.6 is 11.6 Å². The van der Waals surface area contributed by atoms with Crippen molar-refractivity contribution < 1.29 is 4.79 Å². The Hall–Kier alpha value is -2.11. The van der Waals surface area contributed by atoms with Gasteiger partial charge >= 0.3 is 0 Å². The van der Waals surface area contributed by atoms with Crippen molar-refractivity contribution in [2.45, 2.75) is 20.0 Å². The molecule has 1 N–H and O–H groups in total. The Balaban J connectivity index is 1.35. The number of aromatic nitrogens is 1. The fourth-order valence-electron chi connectivity index (χ4n) is 4.35. The van der Waals surface area contributed by atoms with Crippen molar-refractivity contribution in [2.75, 3.05) is 31.1 Å². The standard InChI is InChI=1S/C20H21ClN4O/c1-13-15(5-22-6-18(13)25-11-20(12-25)9-23-10-20)8-24-7-14-4-16(21)2-3-17(14)19(24)26/h2-6,23H,7-12H2,1H3. The quantitative estimate of drug-likeness (QED) is 0.904. The van der Waals surface area contributed by atoms with Crippen molar-refractivity contribution in [3.05, 3.63) is 57.9 Å². The van der Waals surface area contributed by atoms with Gasteiger partial charge in [0.05, 0.1) is 11.9 Å². The fourth-order valence-corrected chi connectivity index (χ4v) is 4.55. The maximum Gasteiger partial charge on any atom is 0.254 e. The lowest BCUT2D eigenvalue weighted by atomic mass is 9.74. The van der Waals surface area contributed by atoms with Crippen LogP contribution < -0.4 is 10.2 Å². The van der Waals surface area contributed by atoms with Gasteiger partial charge in [-0.1, -0.05) is 11.6 Å². The smallest absolute Gasteiger partial charge is 0.254 e. The Morgan fingerprint density at radius 2 is 2.08 bits per heavy atom. The number of hydrogen-bond acceptors (Lipinski definition) is 4. The van der Waals surface area contributed by atoms with Gasteiger partial charge in [0.15, 0.2) is 0 Å². The van der Waals surface area contributed by atoms with Crippen LogP contribution in [-0.4, -0.2) is 42.0 Å². The zero-order valence-corrected chi connectivity index (χ0v) is 15.5. The molecule has 2 saturated heterocycles. The van der Waals surface area contributed by atoms with E-state index in [1.165, 1.54) is 11.3 Å². The molecule has 5 rings (SSSR count). The molecule has 0 unspecified atom stereocenters. The molecule has 1 amide bonds. The Kier molecular flexibility index (Phi) is 3.52. The molecule has 3 aliphatic heterocycles. The number of amides is 1. The van der Waals surface area contributed by atoms with Crippen LogP contribution in [0.15, 0.2) is 30.6 Å². The van der Waals surface area contributed by atoms with Gasteiger partial charge in [-0.15, -0.1) is 0 Å². The Morgan fingerprint density at radius 1 is 1.27 bits per heavy atom. The van der Waals surface area contributed by atoms with Gasteiger partial charge in [-0.2, -0.15) is 0 Å². The van der Waals surface area contributed by atoms with Gasteiger partial charge in [0.2, 0.25) is 0 Å². The summed E-state index contributed by atoms with van der Waals surface area (Å²) in [5, 5.41) is 4.05. The second-order valence-corrected chi connectivity index (χ2v) is 8.30. The number of carbonyl (C=O) groups is 1. The molecule has 0 bridgehead atoms. The van der Waals surface area contributed by atoms with Crippen LogP contribution in [0.5, 0.6) is 0 Å². The molecule has 1 aromatic carbocycles. The molecule has 134 valence electrons. The second kappa shape index (κ2) is 5.69. The minimum absolute atomic E-state index is 0.0740. The number of fused-ring (bicyclic) bond motifs is 1. The molecule has 2 aromatic rings. The lowest BCUT2D eigenvalue weighted by molar-refractivity contribution is 0.0766. The number of nitrogens with one attached hydrogen (secondary N) is 1. The zero-order valence-electron chi connectivity index (χ0n) is 14.8. The maximum absolute atomic E-state index is 12.7. The van der Waals surface area contributed by atoms with Crippen molar-refractivity contribution in [2.24, 2.45) is 5.41 Å². The van der Waals surface area contributed by atoms with E-state index in [4.69, 9.17) is 11.6 Å². The first kappa shape index (κ1) is 16.1. The van der Waals surface area contributed by atoms with E-state index in [9.17, 15) is 4.79 Å². The van der Waals surface area contributed by atoms with Gasteiger partial charge in [0, 0.05) is 61.5 Å². The summed E-state index contributed by atoms with van der Waals surface area (Å²) in [4.78, 5) is 21.4. The minimum Gasteiger partial charge on any atom is -0.369 e. The van der Waals surface area contributed by atoms with Crippen LogP contribution in [-0.2, 0) is 13.1 Å². The third-order valence-corrected chi connectivity index (χ3v) is 6.23. The van der Waals surface area contributed by atoms with E-state index in [2.05, 4.69) is 22.1 Å². The number of anilines is 1. The van der Waals surface area contributed by atoms with Gasteiger partial charge in [0.1, 0.15) is 0 Å². The highest BCUT2D eigenvalue weighted by Crippen LogP contribution is 2.39. The summed E-state index contributed by atoms with van der Waals surface area (Å²) < 4.78 is 0. The van der Waals surface area contributed by atoms with E-state index in [-0.39, 0.29) is 5.91 Å². The molecule has 2 fully saturated rings. The number of nitrogens with zero attached hydrogens (tertiary/aromatic N) is 3.